The van der Waals surface area contributed by atoms with E-state index in [0.717, 1.165) is 6.42 Å². The molecule has 1 aliphatic rings. The Balaban J connectivity index is 2.32. The van der Waals surface area contributed by atoms with E-state index >= 15 is 0 Å². The highest BCUT2D eigenvalue weighted by atomic mass is 16.6. The van der Waals surface area contributed by atoms with Crippen molar-refractivity contribution in [1.82, 2.24) is 0 Å². The molecule has 1 aliphatic heterocycles. The summed E-state index contributed by atoms with van der Waals surface area (Å²) in [6.45, 7) is 5.60. The number of aliphatic hydroxyl groups excluding tert-OH is 1. The molecule has 1 N–H and O–H groups in total. The maximum absolute atomic E-state index is 11.4. The molecule has 0 saturated carbocycles. The number of hydrogen-bond acceptors (Lipinski definition) is 5. The number of hydrogen-bond donors (Lipinski definition) is 1. The van der Waals surface area contributed by atoms with Gasteiger partial charge in [0.1, 0.15) is 5.69 Å². The molecule has 116 valence electrons. The molecule has 21 heavy (non-hydrogen) atoms. The zero-order valence-electron chi connectivity index (χ0n) is 12.5. The third-order valence-corrected chi connectivity index (χ3v) is 3.82. The van der Waals surface area contributed by atoms with Gasteiger partial charge < -0.3 is 14.7 Å². The molecule has 2 unspecified atom stereocenters. The first-order chi connectivity index (χ1) is 10.0. The largest absolute Gasteiger partial charge is 0.487 e. The fourth-order valence-electron chi connectivity index (χ4n) is 2.63. The maximum atomic E-state index is 11.4. The second-order valence-corrected chi connectivity index (χ2v) is 5.51. The molecule has 6 nitrogen and oxygen atoms in total. The van der Waals surface area contributed by atoms with Gasteiger partial charge in [-0.3, -0.25) is 10.1 Å². The van der Waals surface area contributed by atoms with Crippen LogP contribution in [0.25, 0.3) is 0 Å². The molecule has 0 radical (unpaired) electrons. The Bertz CT molecular complexity index is 506. The molecule has 0 aromatic heterocycles. The molecule has 1 heterocycles. The van der Waals surface area contributed by atoms with Gasteiger partial charge in [0, 0.05) is 13.1 Å². The number of aliphatic hydroxyl groups is 1. The van der Waals surface area contributed by atoms with Crippen molar-refractivity contribution < 1.29 is 14.8 Å². The summed E-state index contributed by atoms with van der Waals surface area (Å²) < 4.78 is 5.51. The van der Waals surface area contributed by atoms with E-state index in [4.69, 9.17) is 4.74 Å². The lowest BCUT2D eigenvalue weighted by atomic mass is 9.96. The smallest absolute Gasteiger partial charge is 0.333 e. The minimum atomic E-state index is -0.379. The summed E-state index contributed by atoms with van der Waals surface area (Å²) in [5.41, 5.74) is 0.599. The van der Waals surface area contributed by atoms with Crippen molar-refractivity contribution in [3.8, 4) is 5.75 Å². The highest BCUT2D eigenvalue weighted by Gasteiger charge is 2.30. The Hall–Kier alpha value is -1.82. The summed E-state index contributed by atoms with van der Waals surface area (Å²) in [6.07, 6.45) is 1.09. The minimum absolute atomic E-state index is 0.0227. The fraction of sp³-hybridized carbons (Fsp3) is 0.600. The molecular weight excluding hydrogens is 272 g/mol. The van der Waals surface area contributed by atoms with Gasteiger partial charge in [-0.1, -0.05) is 19.9 Å². The van der Waals surface area contributed by atoms with Gasteiger partial charge in [0.15, 0.2) is 5.75 Å². The van der Waals surface area contributed by atoms with Crippen LogP contribution in [0.3, 0.4) is 0 Å². The number of ether oxygens (including phenoxy) is 1. The van der Waals surface area contributed by atoms with E-state index in [-0.39, 0.29) is 22.6 Å². The zero-order valence-corrected chi connectivity index (χ0v) is 12.5. The van der Waals surface area contributed by atoms with Crippen LogP contribution >= 0.6 is 0 Å². The number of nitro benzene ring substituents is 1. The molecule has 2 atom stereocenters. The van der Waals surface area contributed by atoms with Crippen LogP contribution in [-0.2, 0) is 0 Å². The predicted molar refractivity (Wildman–Crippen MR) is 80.9 cm³/mol. The van der Waals surface area contributed by atoms with Gasteiger partial charge in [0.05, 0.1) is 17.6 Å². The van der Waals surface area contributed by atoms with Gasteiger partial charge in [0.2, 0.25) is 0 Å². The van der Waals surface area contributed by atoms with Crippen LogP contribution in [0.5, 0.6) is 5.75 Å². The summed E-state index contributed by atoms with van der Waals surface area (Å²) in [5, 5.41) is 21.3. The molecule has 1 fully saturated rings. The van der Waals surface area contributed by atoms with Crippen LogP contribution in [0.1, 0.15) is 26.7 Å². The summed E-state index contributed by atoms with van der Waals surface area (Å²) in [7, 11) is 0. The van der Waals surface area contributed by atoms with Gasteiger partial charge in [-0.25, -0.2) is 0 Å². The third-order valence-electron chi connectivity index (χ3n) is 3.82. The maximum Gasteiger partial charge on any atom is 0.333 e. The number of rotatable bonds is 5. The molecule has 6 heteroatoms. The molecule has 1 aromatic carbocycles. The SMILES string of the molecule is CCCOc1cccc(N2CCC(O)C(C)C2)c1[N+](=O)[O-]. The summed E-state index contributed by atoms with van der Waals surface area (Å²) >= 11 is 0. The van der Waals surface area contributed by atoms with Crippen molar-refractivity contribution in [3.63, 3.8) is 0 Å². The van der Waals surface area contributed by atoms with Crippen molar-refractivity contribution >= 4 is 11.4 Å². The Kier molecular flexibility index (Phi) is 5.01. The number of nitrogens with zero attached hydrogens (tertiary/aromatic N) is 2. The van der Waals surface area contributed by atoms with Gasteiger partial charge >= 0.3 is 5.69 Å². The van der Waals surface area contributed by atoms with Gasteiger partial charge in [-0.15, -0.1) is 0 Å². The van der Waals surface area contributed by atoms with E-state index in [1.54, 1.807) is 18.2 Å². The van der Waals surface area contributed by atoms with Crippen LogP contribution in [0.15, 0.2) is 18.2 Å². The first-order valence-electron chi connectivity index (χ1n) is 7.37. The predicted octanol–water partition coefficient (Wildman–Crippen LogP) is 2.59. The Morgan fingerprint density at radius 1 is 1.52 bits per heavy atom. The standard InChI is InChI=1S/C15H22N2O4/c1-3-9-21-14-6-4-5-12(15(14)17(19)20)16-8-7-13(18)11(2)10-16/h4-6,11,13,18H,3,7-10H2,1-2H3. The Morgan fingerprint density at radius 2 is 2.29 bits per heavy atom. The normalized spacial score (nSPS) is 22.1. The van der Waals surface area contributed by atoms with Crippen molar-refractivity contribution in [2.45, 2.75) is 32.8 Å². The lowest BCUT2D eigenvalue weighted by Crippen LogP contribution is -2.42. The van der Waals surface area contributed by atoms with E-state index in [0.29, 0.717) is 37.6 Å². The molecule has 2 rings (SSSR count). The summed E-state index contributed by atoms with van der Waals surface area (Å²) in [6, 6.07) is 5.17. The summed E-state index contributed by atoms with van der Waals surface area (Å²) in [5.74, 6) is 0.414. The number of piperidine rings is 1. The van der Waals surface area contributed by atoms with Gasteiger partial charge in [-0.2, -0.15) is 0 Å². The Labute approximate surface area is 124 Å². The van der Waals surface area contributed by atoms with Crippen molar-refractivity contribution in [1.29, 1.82) is 0 Å². The average Bonchev–Trinajstić information content (AvgIpc) is 2.47. The first-order valence-corrected chi connectivity index (χ1v) is 7.37. The topological polar surface area (TPSA) is 75.8 Å². The second kappa shape index (κ2) is 6.76. The fourth-order valence-corrected chi connectivity index (χ4v) is 2.63. The Morgan fingerprint density at radius 3 is 2.90 bits per heavy atom. The van der Waals surface area contributed by atoms with E-state index in [2.05, 4.69) is 0 Å². The number of benzene rings is 1. The van der Waals surface area contributed by atoms with Crippen molar-refractivity contribution in [3.05, 3.63) is 28.3 Å². The van der Waals surface area contributed by atoms with Gasteiger partial charge in [0.25, 0.3) is 0 Å². The third kappa shape index (κ3) is 3.44. The van der Waals surface area contributed by atoms with Crippen LogP contribution in [0, 0.1) is 16.0 Å². The number of para-hydroxylation sites is 1. The van der Waals surface area contributed by atoms with E-state index in [9.17, 15) is 15.2 Å². The molecule has 0 spiro atoms. The van der Waals surface area contributed by atoms with Gasteiger partial charge in [-0.05, 0) is 30.9 Å². The van der Waals surface area contributed by atoms with Crippen molar-refractivity contribution in [2.24, 2.45) is 5.92 Å². The molecule has 1 aromatic rings. The lowest BCUT2D eigenvalue weighted by Gasteiger charge is -2.35. The zero-order chi connectivity index (χ0) is 15.4. The molecule has 0 bridgehead atoms. The van der Waals surface area contributed by atoms with Crippen LogP contribution in [0.4, 0.5) is 11.4 Å². The van der Waals surface area contributed by atoms with E-state index in [1.165, 1.54) is 0 Å². The molecular formula is C15H22N2O4. The van der Waals surface area contributed by atoms with E-state index in [1.807, 2.05) is 18.7 Å². The summed E-state index contributed by atoms with van der Waals surface area (Å²) in [4.78, 5) is 13.0. The minimum Gasteiger partial charge on any atom is -0.487 e. The number of nitro groups is 1. The first kappa shape index (κ1) is 15.6. The van der Waals surface area contributed by atoms with Crippen molar-refractivity contribution in [2.75, 3.05) is 24.6 Å². The molecule has 1 saturated heterocycles. The highest BCUT2D eigenvalue weighted by molar-refractivity contribution is 5.70. The van der Waals surface area contributed by atoms with Crippen LogP contribution in [0.2, 0.25) is 0 Å². The second-order valence-electron chi connectivity index (χ2n) is 5.51. The quantitative estimate of drug-likeness (QED) is 0.667. The molecule has 0 amide bonds. The monoisotopic (exact) mass is 294 g/mol. The highest BCUT2D eigenvalue weighted by Crippen LogP contribution is 2.38. The number of anilines is 1. The molecule has 0 aliphatic carbocycles. The van der Waals surface area contributed by atoms with E-state index < -0.39 is 0 Å². The van der Waals surface area contributed by atoms with Crippen LogP contribution < -0.4 is 9.64 Å². The lowest BCUT2D eigenvalue weighted by molar-refractivity contribution is -0.385. The average molecular weight is 294 g/mol. The van der Waals surface area contributed by atoms with Crippen LogP contribution in [-0.4, -0.2) is 35.8 Å².